The molecule has 0 saturated heterocycles. The second kappa shape index (κ2) is 6.33. The molecule has 0 aliphatic carbocycles. The third kappa shape index (κ3) is 3.13. The van der Waals surface area contributed by atoms with Crippen LogP contribution in [0.2, 0.25) is 0 Å². The average Bonchev–Trinajstić information content (AvgIpc) is 2.99. The zero-order chi connectivity index (χ0) is 19.2. The molecule has 138 valence electrons. The summed E-state index contributed by atoms with van der Waals surface area (Å²) >= 11 is 0. The molecule has 0 unspecified atom stereocenters. The third-order valence-electron chi connectivity index (χ3n) is 4.23. The van der Waals surface area contributed by atoms with Gasteiger partial charge in [0.1, 0.15) is 17.2 Å². The van der Waals surface area contributed by atoms with Crippen molar-refractivity contribution in [3.63, 3.8) is 0 Å². The number of benzene rings is 2. The summed E-state index contributed by atoms with van der Waals surface area (Å²) in [5.41, 5.74) is 1.72. The molecule has 2 heterocycles. The molecule has 0 amide bonds. The van der Waals surface area contributed by atoms with E-state index in [4.69, 9.17) is 4.42 Å². The van der Waals surface area contributed by atoms with Crippen LogP contribution in [0.4, 0.5) is 15.9 Å². The first kappa shape index (κ1) is 17.4. The van der Waals surface area contributed by atoms with E-state index < -0.39 is 10.0 Å². The molecule has 0 aliphatic rings. The Balaban J connectivity index is 1.66. The smallest absolute Gasteiger partial charge is 0.242 e. The lowest BCUT2D eigenvalue weighted by Crippen LogP contribution is -2.22. The number of anilines is 2. The molecule has 4 aromatic rings. The number of halogens is 1. The Morgan fingerprint density at radius 2 is 1.74 bits per heavy atom. The molecule has 8 heteroatoms. The number of fused-ring (bicyclic) bond motifs is 3. The summed E-state index contributed by atoms with van der Waals surface area (Å²) in [7, 11) is -0.493. The van der Waals surface area contributed by atoms with Crippen molar-refractivity contribution in [1.82, 2.24) is 9.29 Å². The molecular formula is C19H16FN3O3S. The lowest BCUT2D eigenvalue weighted by atomic mass is 10.2. The fourth-order valence-corrected chi connectivity index (χ4v) is 3.70. The predicted molar refractivity (Wildman–Crippen MR) is 102 cm³/mol. The molecule has 4 rings (SSSR count). The molecule has 2 aromatic heterocycles. The zero-order valence-electron chi connectivity index (χ0n) is 14.6. The number of nitrogens with one attached hydrogen (secondary N) is 1. The summed E-state index contributed by atoms with van der Waals surface area (Å²) in [5, 5.41) is 4.74. The summed E-state index contributed by atoms with van der Waals surface area (Å²) in [6.45, 7) is 0. The lowest BCUT2D eigenvalue weighted by Gasteiger charge is -2.12. The van der Waals surface area contributed by atoms with E-state index in [9.17, 15) is 12.8 Å². The molecular weight excluding hydrogens is 369 g/mol. The summed E-state index contributed by atoms with van der Waals surface area (Å²) in [6, 6.07) is 12.6. The maximum absolute atomic E-state index is 13.4. The van der Waals surface area contributed by atoms with Gasteiger partial charge < -0.3 is 9.73 Å². The first-order valence-corrected chi connectivity index (χ1v) is 9.56. The second-order valence-corrected chi connectivity index (χ2v) is 8.40. The van der Waals surface area contributed by atoms with Crippen LogP contribution >= 0.6 is 0 Å². The first-order chi connectivity index (χ1) is 12.8. The molecule has 2 aromatic carbocycles. The highest BCUT2D eigenvalue weighted by molar-refractivity contribution is 7.89. The normalized spacial score (nSPS) is 12.1. The van der Waals surface area contributed by atoms with Crippen molar-refractivity contribution in [2.75, 3.05) is 19.4 Å². The standard InChI is InChI=1S/C19H16FN3O3S/c1-23(2)27(24,25)14-6-4-13(5-7-14)22-19-10-16-15-8-3-12(20)9-17(15)26-18(16)11-21-19/h3-11H,1-2H3,(H,21,22). The lowest BCUT2D eigenvalue weighted by molar-refractivity contribution is 0.521. The van der Waals surface area contributed by atoms with E-state index in [0.29, 0.717) is 22.7 Å². The number of nitrogens with zero attached hydrogens (tertiary/aromatic N) is 2. The van der Waals surface area contributed by atoms with Crippen molar-refractivity contribution in [1.29, 1.82) is 0 Å². The fraction of sp³-hybridized carbons (Fsp3) is 0.105. The van der Waals surface area contributed by atoms with Gasteiger partial charge in [-0.05, 0) is 42.5 Å². The quantitative estimate of drug-likeness (QED) is 0.572. The Labute approximate surface area is 155 Å². The van der Waals surface area contributed by atoms with Crippen LogP contribution in [0.1, 0.15) is 0 Å². The first-order valence-electron chi connectivity index (χ1n) is 8.12. The van der Waals surface area contributed by atoms with Crippen LogP contribution in [0.25, 0.3) is 21.9 Å². The molecule has 0 fully saturated rings. The van der Waals surface area contributed by atoms with Crippen LogP contribution in [0.15, 0.2) is 64.0 Å². The van der Waals surface area contributed by atoms with Crippen LogP contribution in [-0.4, -0.2) is 31.8 Å². The maximum Gasteiger partial charge on any atom is 0.242 e. The number of aromatic nitrogens is 1. The van der Waals surface area contributed by atoms with Crippen molar-refractivity contribution < 1.29 is 17.2 Å². The number of pyridine rings is 1. The maximum atomic E-state index is 13.4. The minimum absolute atomic E-state index is 0.212. The van der Waals surface area contributed by atoms with Crippen molar-refractivity contribution >= 4 is 43.5 Å². The van der Waals surface area contributed by atoms with Gasteiger partial charge >= 0.3 is 0 Å². The van der Waals surface area contributed by atoms with Gasteiger partial charge in [-0.3, -0.25) is 0 Å². The van der Waals surface area contributed by atoms with E-state index in [1.165, 1.54) is 38.4 Å². The summed E-state index contributed by atoms with van der Waals surface area (Å²) in [5.74, 6) is 0.207. The molecule has 0 bridgehead atoms. The highest BCUT2D eigenvalue weighted by atomic mass is 32.2. The summed E-state index contributed by atoms with van der Waals surface area (Å²) < 4.78 is 44.4. The van der Waals surface area contributed by atoms with E-state index in [1.807, 2.05) is 6.07 Å². The van der Waals surface area contributed by atoms with Gasteiger partial charge in [-0.15, -0.1) is 0 Å². The van der Waals surface area contributed by atoms with E-state index >= 15 is 0 Å². The average molecular weight is 385 g/mol. The number of rotatable bonds is 4. The highest BCUT2D eigenvalue weighted by Crippen LogP contribution is 2.31. The van der Waals surface area contributed by atoms with Crippen LogP contribution in [0.5, 0.6) is 0 Å². The number of hydrogen-bond donors (Lipinski definition) is 1. The largest absolute Gasteiger partial charge is 0.454 e. The molecule has 0 aliphatic heterocycles. The van der Waals surface area contributed by atoms with Gasteiger partial charge in [0.25, 0.3) is 0 Å². The van der Waals surface area contributed by atoms with Gasteiger partial charge in [0.05, 0.1) is 11.1 Å². The molecule has 0 spiro atoms. The summed E-state index contributed by atoms with van der Waals surface area (Å²) in [4.78, 5) is 4.51. The van der Waals surface area contributed by atoms with Gasteiger partial charge in [-0.25, -0.2) is 22.1 Å². The van der Waals surface area contributed by atoms with E-state index in [2.05, 4.69) is 10.3 Å². The predicted octanol–water partition coefficient (Wildman–Crippen LogP) is 4.11. The zero-order valence-corrected chi connectivity index (χ0v) is 15.4. The minimum atomic E-state index is -3.47. The van der Waals surface area contributed by atoms with Gasteiger partial charge in [0.2, 0.25) is 10.0 Å². The monoisotopic (exact) mass is 385 g/mol. The van der Waals surface area contributed by atoms with E-state index in [-0.39, 0.29) is 10.7 Å². The highest BCUT2D eigenvalue weighted by Gasteiger charge is 2.16. The molecule has 0 atom stereocenters. The van der Waals surface area contributed by atoms with Crippen molar-refractivity contribution in [3.05, 3.63) is 60.5 Å². The van der Waals surface area contributed by atoms with Crippen molar-refractivity contribution in [2.24, 2.45) is 0 Å². The van der Waals surface area contributed by atoms with Crippen LogP contribution in [-0.2, 0) is 10.0 Å². The van der Waals surface area contributed by atoms with E-state index in [0.717, 1.165) is 15.1 Å². The number of furan rings is 1. The molecule has 6 nitrogen and oxygen atoms in total. The Bertz CT molecular complexity index is 1250. The molecule has 0 saturated carbocycles. The molecule has 0 radical (unpaired) electrons. The van der Waals surface area contributed by atoms with Crippen LogP contribution in [0.3, 0.4) is 0 Å². The molecule has 1 N–H and O–H groups in total. The number of hydrogen-bond acceptors (Lipinski definition) is 5. The Kier molecular flexibility index (Phi) is 4.09. The van der Waals surface area contributed by atoms with Crippen LogP contribution < -0.4 is 5.32 Å². The van der Waals surface area contributed by atoms with E-state index in [1.54, 1.807) is 24.4 Å². The fourth-order valence-electron chi connectivity index (χ4n) is 2.79. The van der Waals surface area contributed by atoms with Gasteiger partial charge in [0.15, 0.2) is 5.58 Å². The number of sulfonamides is 1. The van der Waals surface area contributed by atoms with Gasteiger partial charge in [-0.2, -0.15) is 0 Å². The van der Waals surface area contributed by atoms with Crippen molar-refractivity contribution in [3.8, 4) is 0 Å². The SMILES string of the molecule is CN(C)S(=O)(=O)c1ccc(Nc2cc3c(cn2)oc2cc(F)ccc23)cc1. The Morgan fingerprint density at radius 1 is 1.00 bits per heavy atom. The Morgan fingerprint density at radius 3 is 2.44 bits per heavy atom. The third-order valence-corrected chi connectivity index (χ3v) is 6.06. The second-order valence-electron chi connectivity index (χ2n) is 6.25. The van der Waals surface area contributed by atoms with Crippen molar-refractivity contribution in [2.45, 2.75) is 4.90 Å². The van der Waals surface area contributed by atoms with Gasteiger partial charge in [0, 0.05) is 36.6 Å². The van der Waals surface area contributed by atoms with Gasteiger partial charge in [-0.1, -0.05) is 0 Å². The minimum Gasteiger partial charge on any atom is -0.454 e. The van der Waals surface area contributed by atoms with Crippen LogP contribution in [0, 0.1) is 5.82 Å². The molecule has 27 heavy (non-hydrogen) atoms. The summed E-state index contributed by atoms with van der Waals surface area (Å²) in [6.07, 6.45) is 1.57. The Hall–Kier alpha value is -2.97. The topological polar surface area (TPSA) is 75.4 Å².